The summed E-state index contributed by atoms with van der Waals surface area (Å²) < 4.78 is 80.9. The van der Waals surface area contributed by atoms with Crippen LogP contribution in [0.15, 0.2) is 18.2 Å². The fourth-order valence-corrected chi connectivity index (χ4v) is 1.93. The maximum absolute atomic E-state index is 12.7. The zero-order valence-electron chi connectivity index (χ0n) is 12.5. The molecule has 0 saturated carbocycles. The molecule has 1 rings (SSSR count). The van der Waals surface area contributed by atoms with E-state index < -0.39 is 35.2 Å². The van der Waals surface area contributed by atoms with Gasteiger partial charge in [-0.25, -0.2) is 0 Å². The van der Waals surface area contributed by atoms with Crippen LogP contribution in [-0.2, 0) is 17.1 Å². The quantitative estimate of drug-likeness (QED) is 0.517. The van der Waals surface area contributed by atoms with Crippen LogP contribution < -0.4 is 4.74 Å². The first-order chi connectivity index (χ1) is 11.0. The monoisotopic (exact) mass is 358 g/mol. The second-order valence-electron chi connectivity index (χ2n) is 5.15. The van der Waals surface area contributed by atoms with Gasteiger partial charge in [-0.05, 0) is 31.0 Å². The summed E-state index contributed by atoms with van der Waals surface area (Å²) in [5.41, 5.74) is -2.84. The van der Waals surface area contributed by atoms with Crippen LogP contribution in [0.4, 0.5) is 26.3 Å². The number of ether oxygens (including phenoxy) is 1. The molecule has 0 unspecified atom stereocenters. The highest BCUT2D eigenvalue weighted by atomic mass is 19.4. The highest BCUT2D eigenvalue weighted by Crippen LogP contribution is 2.38. The van der Waals surface area contributed by atoms with Crippen LogP contribution in [0.3, 0.4) is 0 Å². The van der Waals surface area contributed by atoms with Gasteiger partial charge in [0, 0.05) is 6.42 Å². The first kappa shape index (κ1) is 20.1. The summed E-state index contributed by atoms with van der Waals surface area (Å²) in [5, 5.41) is 8.44. The van der Waals surface area contributed by atoms with Gasteiger partial charge in [-0.2, -0.15) is 26.3 Å². The molecule has 1 aromatic rings. The van der Waals surface area contributed by atoms with Crippen molar-refractivity contribution in [2.75, 3.05) is 6.61 Å². The van der Waals surface area contributed by atoms with Crippen molar-refractivity contribution in [2.24, 2.45) is 0 Å². The number of carboxylic acid groups (broad SMARTS) is 1. The van der Waals surface area contributed by atoms with Crippen molar-refractivity contribution < 1.29 is 41.0 Å². The Labute approximate surface area is 134 Å². The van der Waals surface area contributed by atoms with Gasteiger partial charge in [0.05, 0.1) is 17.7 Å². The normalized spacial score (nSPS) is 12.2. The number of hydrogen-bond donors (Lipinski definition) is 1. The number of hydrogen-bond acceptors (Lipinski definition) is 2. The van der Waals surface area contributed by atoms with E-state index in [4.69, 9.17) is 9.84 Å². The molecule has 0 aliphatic carbocycles. The van der Waals surface area contributed by atoms with Gasteiger partial charge in [0.15, 0.2) is 0 Å². The lowest BCUT2D eigenvalue weighted by Gasteiger charge is -2.14. The van der Waals surface area contributed by atoms with Crippen molar-refractivity contribution in [2.45, 2.75) is 44.5 Å². The number of aliphatic carboxylic acids is 1. The summed E-state index contributed by atoms with van der Waals surface area (Å²) in [6.45, 7) is -0.0499. The summed E-state index contributed by atoms with van der Waals surface area (Å²) >= 11 is 0. The average molecular weight is 358 g/mol. The molecule has 0 aromatic heterocycles. The Morgan fingerprint density at radius 2 is 1.38 bits per heavy atom. The lowest BCUT2D eigenvalue weighted by Crippen LogP contribution is -2.11. The van der Waals surface area contributed by atoms with Crippen molar-refractivity contribution >= 4 is 5.97 Å². The Kier molecular flexibility index (Phi) is 6.92. The third-order valence-electron chi connectivity index (χ3n) is 3.11. The molecular formula is C15H16F6O3. The highest BCUT2D eigenvalue weighted by Gasteiger charge is 2.37. The van der Waals surface area contributed by atoms with E-state index in [-0.39, 0.29) is 19.1 Å². The van der Waals surface area contributed by atoms with Crippen molar-refractivity contribution in [3.63, 3.8) is 0 Å². The van der Waals surface area contributed by atoms with E-state index in [0.29, 0.717) is 37.8 Å². The summed E-state index contributed by atoms with van der Waals surface area (Å²) in [5.74, 6) is -1.42. The largest absolute Gasteiger partial charge is 0.494 e. The third-order valence-corrected chi connectivity index (χ3v) is 3.11. The molecule has 0 radical (unpaired) electrons. The van der Waals surface area contributed by atoms with Crippen LogP contribution >= 0.6 is 0 Å². The molecule has 24 heavy (non-hydrogen) atoms. The minimum atomic E-state index is -4.91. The van der Waals surface area contributed by atoms with E-state index in [1.807, 2.05) is 0 Å². The maximum atomic E-state index is 12.7. The molecule has 0 aliphatic rings. The number of unbranched alkanes of at least 4 members (excludes halogenated alkanes) is 3. The van der Waals surface area contributed by atoms with Gasteiger partial charge in [-0.15, -0.1) is 0 Å². The van der Waals surface area contributed by atoms with Crippen molar-refractivity contribution in [3.8, 4) is 5.75 Å². The molecule has 1 N–H and O–H groups in total. The van der Waals surface area contributed by atoms with Gasteiger partial charge in [0.1, 0.15) is 5.75 Å². The van der Waals surface area contributed by atoms with E-state index >= 15 is 0 Å². The zero-order valence-corrected chi connectivity index (χ0v) is 12.5. The van der Waals surface area contributed by atoms with Crippen LogP contribution in [-0.4, -0.2) is 17.7 Å². The molecule has 0 saturated heterocycles. The minimum absolute atomic E-state index is 0.0173. The molecule has 9 heteroatoms. The molecule has 0 heterocycles. The Balaban J connectivity index is 2.62. The smallest absolute Gasteiger partial charge is 0.416 e. The topological polar surface area (TPSA) is 46.5 Å². The Bertz CT molecular complexity index is 519. The van der Waals surface area contributed by atoms with Crippen LogP contribution in [0.25, 0.3) is 0 Å². The summed E-state index contributed by atoms with van der Waals surface area (Å²) in [4.78, 5) is 10.3. The van der Waals surface area contributed by atoms with Crippen LogP contribution in [0, 0.1) is 0 Å². The third kappa shape index (κ3) is 7.10. The first-order valence-electron chi connectivity index (χ1n) is 7.14. The van der Waals surface area contributed by atoms with Gasteiger partial charge in [0.2, 0.25) is 0 Å². The predicted octanol–water partition coefficient (Wildman–Crippen LogP) is 5.14. The van der Waals surface area contributed by atoms with Crippen molar-refractivity contribution in [1.82, 2.24) is 0 Å². The van der Waals surface area contributed by atoms with Gasteiger partial charge in [-0.1, -0.05) is 12.8 Å². The Morgan fingerprint density at radius 3 is 1.83 bits per heavy atom. The molecule has 0 aliphatic heterocycles. The van der Waals surface area contributed by atoms with Crippen LogP contribution in [0.2, 0.25) is 0 Å². The van der Waals surface area contributed by atoms with E-state index in [2.05, 4.69) is 0 Å². The fraction of sp³-hybridized carbons (Fsp3) is 0.533. The molecule has 0 amide bonds. The van der Waals surface area contributed by atoms with E-state index in [0.717, 1.165) is 0 Å². The van der Waals surface area contributed by atoms with Gasteiger partial charge < -0.3 is 9.84 Å². The molecule has 3 nitrogen and oxygen atoms in total. The lowest BCUT2D eigenvalue weighted by molar-refractivity contribution is -0.143. The molecular weight excluding hydrogens is 342 g/mol. The molecule has 0 fully saturated rings. The number of halogens is 6. The Morgan fingerprint density at radius 1 is 0.875 bits per heavy atom. The summed E-state index contributed by atoms with van der Waals surface area (Å²) in [6.07, 6.45) is -7.78. The first-order valence-corrected chi connectivity index (χ1v) is 7.14. The number of carboxylic acids is 1. The van der Waals surface area contributed by atoms with Crippen molar-refractivity contribution in [3.05, 3.63) is 29.3 Å². The fourth-order valence-electron chi connectivity index (χ4n) is 1.93. The second kappa shape index (κ2) is 8.25. The number of alkyl halides is 6. The van der Waals surface area contributed by atoms with Crippen molar-refractivity contribution in [1.29, 1.82) is 0 Å². The summed E-state index contributed by atoms with van der Waals surface area (Å²) in [6, 6.07) is 1.10. The van der Waals surface area contributed by atoms with Gasteiger partial charge in [-0.3, -0.25) is 4.79 Å². The van der Waals surface area contributed by atoms with E-state index in [9.17, 15) is 31.1 Å². The lowest BCUT2D eigenvalue weighted by atomic mass is 10.1. The average Bonchev–Trinajstić information content (AvgIpc) is 2.43. The maximum Gasteiger partial charge on any atom is 0.416 e. The molecule has 1 aromatic carbocycles. The number of carbonyl (C=O) groups is 1. The van der Waals surface area contributed by atoms with Crippen LogP contribution in [0.5, 0.6) is 5.75 Å². The molecule has 136 valence electrons. The highest BCUT2D eigenvalue weighted by molar-refractivity contribution is 5.66. The van der Waals surface area contributed by atoms with Gasteiger partial charge >= 0.3 is 18.3 Å². The van der Waals surface area contributed by atoms with E-state index in [1.165, 1.54) is 0 Å². The SMILES string of the molecule is O=C(O)CCCCCCOc1cc(C(F)(F)F)cc(C(F)(F)F)c1. The summed E-state index contributed by atoms with van der Waals surface area (Å²) in [7, 11) is 0. The number of rotatable bonds is 8. The van der Waals surface area contributed by atoms with E-state index in [1.54, 1.807) is 0 Å². The number of benzene rings is 1. The minimum Gasteiger partial charge on any atom is -0.494 e. The second-order valence-corrected chi connectivity index (χ2v) is 5.15. The molecule has 0 bridgehead atoms. The molecule has 0 atom stereocenters. The standard InChI is InChI=1S/C15H16F6O3/c16-14(17,18)10-7-11(15(19,20)21)9-12(8-10)24-6-4-2-1-3-5-13(22)23/h7-9H,1-6H2,(H,22,23). The zero-order chi connectivity index (χ0) is 18.4. The van der Waals surface area contributed by atoms with Gasteiger partial charge in [0.25, 0.3) is 0 Å². The Hall–Kier alpha value is -1.93. The molecule has 0 spiro atoms. The predicted molar refractivity (Wildman–Crippen MR) is 72.7 cm³/mol. The van der Waals surface area contributed by atoms with Crippen LogP contribution in [0.1, 0.15) is 43.2 Å².